The second kappa shape index (κ2) is 8.83. The van der Waals surface area contributed by atoms with Gasteiger partial charge in [0.25, 0.3) is 0 Å². The molecule has 0 saturated heterocycles. The van der Waals surface area contributed by atoms with Crippen molar-refractivity contribution in [2.45, 2.75) is 24.2 Å². The molecule has 138 valence electrons. The molecule has 0 unspecified atom stereocenters. The van der Waals surface area contributed by atoms with Crippen LogP contribution in [0.15, 0.2) is 58.8 Å². The van der Waals surface area contributed by atoms with Crippen molar-refractivity contribution < 1.29 is 14.3 Å². The monoisotopic (exact) mass is 398 g/mol. The number of aromatic nitrogens is 1. The highest BCUT2D eigenvalue weighted by Crippen LogP contribution is 2.27. The summed E-state index contributed by atoms with van der Waals surface area (Å²) in [5.41, 5.74) is 7.89. The van der Waals surface area contributed by atoms with Crippen LogP contribution in [-0.4, -0.2) is 16.9 Å². The van der Waals surface area contributed by atoms with Crippen LogP contribution in [0.5, 0.6) is 0 Å². The van der Waals surface area contributed by atoms with Crippen LogP contribution in [0.4, 0.5) is 0 Å². The molecular weight excluding hydrogens is 380 g/mol. The molecule has 0 atom stereocenters. The molecule has 3 rings (SSSR count). The SMILES string of the molecule is Cc1nc(CSc2ccccc2C(=O)OCc2cccc(C(N)=O)c2)cs1. The van der Waals surface area contributed by atoms with Gasteiger partial charge in [0, 0.05) is 21.6 Å². The van der Waals surface area contributed by atoms with Gasteiger partial charge in [-0.1, -0.05) is 24.3 Å². The molecule has 1 amide bonds. The number of primary amides is 1. The second-order valence-electron chi connectivity index (χ2n) is 5.78. The van der Waals surface area contributed by atoms with Crippen molar-refractivity contribution >= 4 is 35.0 Å². The van der Waals surface area contributed by atoms with Crippen LogP contribution in [0.3, 0.4) is 0 Å². The highest BCUT2D eigenvalue weighted by atomic mass is 32.2. The first-order valence-electron chi connectivity index (χ1n) is 8.21. The van der Waals surface area contributed by atoms with Crippen LogP contribution < -0.4 is 5.73 Å². The molecule has 2 aromatic carbocycles. The van der Waals surface area contributed by atoms with Crippen molar-refractivity contribution in [3.05, 3.63) is 81.3 Å². The maximum Gasteiger partial charge on any atom is 0.339 e. The second-order valence-corrected chi connectivity index (χ2v) is 7.86. The number of aryl methyl sites for hydroxylation is 1. The molecule has 0 aliphatic heterocycles. The smallest absolute Gasteiger partial charge is 0.339 e. The topological polar surface area (TPSA) is 82.3 Å². The third-order valence-electron chi connectivity index (χ3n) is 3.73. The molecule has 0 bridgehead atoms. The van der Waals surface area contributed by atoms with Crippen LogP contribution in [0.1, 0.15) is 37.0 Å². The molecule has 1 aromatic heterocycles. The van der Waals surface area contributed by atoms with Crippen molar-refractivity contribution in [2.24, 2.45) is 5.73 Å². The Balaban J connectivity index is 1.66. The molecule has 0 spiro atoms. The number of rotatable bonds is 7. The number of thiazole rings is 1. The standard InChI is InChI=1S/C20H18N2O3S2/c1-13-22-16(11-26-13)12-27-18-8-3-2-7-17(18)20(24)25-10-14-5-4-6-15(9-14)19(21)23/h2-9,11H,10,12H2,1H3,(H2,21,23). The van der Waals surface area contributed by atoms with Crippen molar-refractivity contribution in [3.8, 4) is 0 Å². The summed E-state index contributed by atoms with van der Waals surface area (Å²) in [6, 6.07) is 14.1. The summed E-state index contributed by atoms with van der Waals surface area (Å²) in [6.07, 6.45) is 0. The van der Waals surface area contributed by atoms with E-state index >= 15 is 0 Å². The van der Waals surface area contributed by atoms with E-state index in [1.807, 2.05) is 24.4 Å². The van der Waals surface area contributed by atoms with E-state index in [9.17, 15) is 9.59 Å². The Hall–Kier alpha value is -2.64. The molecule has 0 fully saturated rings. The number of benzene rings is 2. The predicted octanol–water partition coefficient (Wildman–Crippen LogP) is 4.20. The van der Waals surface area contributed by atoms with Crippen LogP contribution in [0.2, 0.25) is 0 Å². The molecule has 3 aromatic rings. The fourth-order valence-corrected chi connectivity index (χ4v) is 4.08. The summed E-state index contributed by atoms with van der Waals surface area (Å²) in [5.74, 6) is -0.228. The minimum absolute atomic E-state index is 0.0736. The van der Waals surface area contributed by atoms with Crippen LogP contribution >= 0.6 is 23.1 Å². The molecule has 1 heterocycles. The first kappa shape index (κ1) is 19.1. The van der Waals surface area contributed by atoms with Crippen LogP contribution in [0, 0.1) is 6.92 Å². The van der Waals surface area contributed by atoms with Crippen molar-refractivity contribution in [3.63, 3.8) is 0 Å². The van der Waals surface area contributed by atoms with Gasteiger partial charge in [0.1, 0.15) is 6.61 Å². The zero-order valence-corrected chi connectivity index (χ0v) is 16.3. The van der Waals surface area contributed by atoms with Crippen molar-refractivity contribution in [1.82, 2.24) is 4.98 Å². The number of thioether (sulfide) groups is 1. The van der Waals surface area contributed by atoms with E-state index in [1.165, 1.54) is 0 Å². The Morgan fingerprint density at radius 1 is 1.19 bits per heavy atom. The largest absolute Gasteiger partial charge is 0.457 e. The van der Waals surface area contributed by atoms with Gasteiger partial charge in [-0.3, -0.25) is 4.79 Å². The highest BCUT2D eigenvalue weighted by molar-refractivity contribution is 7.98. The lowest BCUT2D eigenvalue weighted by atomic mass is 10.1. The Morgan fingerprint density at radius 3 is 2.74 bits per heavy atom. The van der Waals surface area contributed by atoms with E-state index in [1.54, 1.807) is 59.5 Å². The summed E-state index contributed by atoms with van der Waals surface area (Å²) in [4.78, 5) is 29.1. The van der Waals surface area contributed by atoms with Crippen molar-refractivity contribution in [1.29, 1.82) is 0 Å². The summed E-state index contributed by atoms with van der Waals surface area (Å²) < 4.78 is 5.43. The van der Waals surface area contributed by atoms with E-state index in [-0.39, 0.29) is 6.61 Å². The Morgan fingerprint density at radius 2 is 2.00 bits per heavy atom. The number of amides is 1. The number of ether oxygens (including phenoxy) is 1. The number of carbonyl (C=O) groups excluding carboxylic acids is 2. The Labute approximate surface area is 165 Å². The molecule has 0 aliphatic carbocycles. The Bertz CT molecular complexity index is 969. The lowest BCUT2D eigenvalue weighted by Gasteiger charge is -2.09. The Kier molecular flexibility index (Phi) is 6.26. The molecule has 2 N–H and O–H groups in total. The average Bonchev–Trinajstić information content (AvgIpc) is 3.10. The van der Waals surface area contributed by atoms with E-state index < -0.39 is 11.9 Å². The van der Waals surface area contributed by atoms with Gasteiger partial charge >= 0.3 is 5.97 Å². The zero-order valence-electron chi connectivity index (χ0n) is 14.7. The maximum absolute atomic E-state index is 12.5. The summed E-state index contributed by atoms with van der Waals surface area (Å²) >= 11 is 3.16. The van der Waals surface area contributed by atoms with Gasteiger partial charge < -0.3 is 10.5 Å². The van der Waals surface area contributed by atoms with E-state index in [0.29, 0.717) is 22.4 Å². The van der Waals surface area contributed by atoms with Gasteiger partial charge in [0.15, 0.2) is 0 Å². The van der Waals surface area contributed by atoms with Gasteiger partial charge in [-0.25, -0.2) is 9.78 Å². The van der Waals surface area contributed by atoms with Crippen LogP contribution in [-0.2, 0) is 17.1 Å². The molecular formula is C20H18N2O3S2. The molecule has 0 aliphatic rings. The number of hydrogen-bond donors (Lipinski definition) is 1. The van der Waals surface area contributed by atoms with Crippen molar-refractivity contribution in [2.75, 3.05) is 0 Å². The summed E-state index contributed by atoms with van der Waals surface area (Å²) in [6.45, 7) is 2.04. The van der Waals surface area contributed by atoms with Gasteiger partial charge in [-0.2, -0.15) is 0 Å². The number of nitrogens with zero attached hydrogens (tertiary/aromatic N) is 1. The lowest BCUT2D eigenvalue weighted by molar-refractivity contribution is 0.0468. The first-order chi connectivity index (χ1) is 13.0. The molecule has 7 heteroatoms. The van der Waals surface area contributed by atoms with Gasteiger partial charge in [0.05, 0.1) is 16.3 Å². The molecule has 0 radical (unpaired) electrons. The fraction of sp³-hybridized carbons (Fsp3) is 0.150. The first-order valence-corrected chi connectivity index (χ1v) is 10.1. The molecule has 5 nitrogen and oxygen atoms in total. The third-order valence-corrected chi connectivity index (χ3v) is 5.66. The maximum atomic E-state index is 12.5. The predicted molar refractivity (Wildman–Crippen MR) is 107 cm³/mol. The number of carbonyl (C=O) groups is 2. The lowest BCUT2D eigenvalue weighted by Crippen LogP contribution is -2.11. The quantitative estimate of drug-likeness (QED) is 0.476. The van der Waals surface area contributed by atoms with E-state index in [2.05, 4.69) is 4.98 Å². The zero-order chi connectivity index (χ0) is 19.2. The van der Waals surface area contributed by atoms with E-state index in [0.717, 1.165) is 15.6 Å². The normalized spacial score (nSPS) is 10.6. The third kappa shape index (κ3) is 5.18. The highest BCUT2D eigenvalue weighted by Gasteiger charge is 2.14. The summed E-state index contributed by atoms with van der Waals surface area (Å²) in [5, 5.41) is 3.05. The van der Waals surface area contributed by atoms with Gasteiger partial charge in [0.2, 0.25) is 5.91 Å². The van der Waals surface area contributed by atoms with Crippen LogP contribution in [0.25, 0.3) is 0 Å². The van der Waals surface area contributed by atoms with E-state index in [4.69, 9.17) is 10.5 Å². The molecule has 27 heavy (non-hydrogen) atoms. The van der Waals surface area contributed by atoms with Gasteiger partial charge in [-0.15, -0.1) is 23.1 Å². The number of esters is 1. The number of nitrogens with two attached hydrogens (primary N) is 1. The minimum atomic E-state index is -0.512. The summed E-state index contributed by atoms with van der Waals surface area (Å²) in [7, 11) is 0. The van der Waals surface area contributed by atoms with Gasteiger partial charge in [-0.05, 0) is 36.8 Å². The number of hydrogen-bond acceptors (Lipinski definition) is 6. The average molecular weight is 399 g/mol. The minimum Gasteiger partial charge on any atom is -0.457 e. The molecule has 0 saturated carbocycles. The fourth-order valence-electron chi connectivity index (χ4n) is 2.43.